The molecule has 3 nitrogen and oxygen atoms in total. The van der Waals surface area contributed by atoms with E-state index in [1.54, 1.807) is 18.9 Å². The van der Waals surface area contributed by atoms with Crippen molar-refractivity contribution in [3.05, 3.63) is 23.3 Å². The molecule has 17 heavy (non-hydrogen) atoms. The molecule has 0 aromatic heterocycles. The molecule has 1 fully saturated rings. The molecule has 0 unspecified atom stereocenters. The SMILES string of the molecule is COc1cc(C)c(C)cc1SC1(C#N)COC1. The summed E-state index contributed by atoms with van der Waals surface area (Å²) < 4.78 is 10.1. The third-order valence-electron chi connectivity index (χ3n) is 2.96. The summed E-state index contributed by atoms with van der Waals surface area (Å²) in [6.45, 7) is 5.10. The van der Waals surface area contributed by atoms with E-state index >= 15 is 0 Å². The van der Waals surface area contributed by atoms with Crippen LogP contribution in [-0.4, -0.2) is 25.1 Å². The van der Waals surface area contributed by atoms with Gasteiger partial charge in [0.05, 0.1) is 31.3 Å². The Labute approximate surface area is 106 Å². The number of hydrogen-bond donors (Lipinski definition) is 0. The van der Waals surface area contributed by atoms with Crippen molar-refractivity contribution < 1.29 is 9.47 Å². The first-order valence-corrected chi connectivity index (χ1v) is 6.25. The second-order valence-corrected chi connectivity index (χ2v) is 5.71. The van der Waals surface area contributed by atoms with Gasteiger partial charge in [-0.1, -0.05) is 11.8 Å². The van der Waals surface area contributed by atoms with Crippen molar-refractivity contribution in [2.24, 2.45) is 0 Å². The maximum Gasteiger partial charge on any atom is 0.153 e. The highest BCUT2D eigenvalue weighted by Crippen LogP contribution is 2.43. The largest absolute Gasteiger partial charge is 0.496 e. The van der Waals surface area contributed by atoms with Crippen molar-refractivity contribution in [1.29, 1.82) is 5.26 Å². The van der Waals surface area contributed by atoms with Gasteiger partial charge >= 0.3 is 0 Å². The molecule has 0 N–H and O–H groups in total. The number of hydrogen-bond acceptors (Lipinski definition) is 4. The molecule has 1 aromatic carbocycles. The van der Waals surface area contributed by atoms with Crippen molar-refractivity contribution >= 4 is 11.8 Å². The number of ether oxygens (including phenoxy) is 2. The molecule has 0 spiro atoms. The Balaban J connectivity index is 2.32. The van der Waals surface area contributed by atoms with Crippen LogP contribution in [0.5, 0.6) is 5.75 Å². The number of nitrogens with zero attached hydrogens (tertiary/aromatic N) is 1. The minimum absolute atomic E-state index is 0.436. The van der Waals surface area contributed by atoms with E-state index in [1.807, 2.05) is 6.07 Å². The lowest BCUT2D eigenvalue weighted by Gasteiger charge is -2.34. The third-order valence-corrected chi connectivity index (χ3v) is 4.22. The van der Waals surface area contributed by atoms with E-state index in [1.165, 1.54) is 11.1 Å². The maximum atomic E-state index is 9.19. The molecule has 0 aliphatic carbocycles. The van der Waals surface area contributed by atoms with Crippen molar-refractivity contribution in [1.82, 2.24) is 0 Å². The zero-order chi connectivity index (χ0) is 12.5. The van der Waals surface area contributed by atoms with Crippen LogP contribution in [0.1, 0.15) is 11.1 Å². The number of nitriles is 1. The monoisotopic (exact) mass is 249 g/mol. The molecule has 90 valence electrons. The normalized spacial score (nSPS) is 17.1. The standard InChI is InChI=1S/C13H15NO2S/c1-9-4-11(15-3)12(5-10(9)2)17-13(6-14)7-16-8-13/h4-5H,7-8H2,1-3H3. The van der Waals surface area contributed by atoms with Crippen LogP contribution in [0.4, 0.5) is 0 Å². The van der Waals surface area contributed by atoms with E-state index < -0.39 is 4.75 Å². The Kier molecular flexibility index (Phi) is 3.32. The maximum absolute atomic E-state index is 9.19. The summed E-state index contributed by atoms with van der Waals surface area (Å²) in [6.07, 6.45) is 0. The average molecular weight is 249 g/mol. The summed E-state index contributed by atoms with van der Waals surface area (Å²) >= 11 is 1.54. The zero-order valence-corrected chi connectivity index (χ0v) is 11.1. The van der Waals surface area contributed by atoms with Gasteiger partial charge in [-0.05, 0) is 37.1 Å². The van der Waals surface area contributed by atoms with Gasteiger partial charge in [0.15, 0.2) is 4.75 Å². The van der Waals surface area contributed by atoms with Gasteiger partial charge in [-0.15, -0.1) is 0 Å². The molecule has 1 aliphatic heterocycles. The Hall–Kier alpha value is -1.18. The highest BCUT2D eigenvalue weighted by atomic mass is 32.2. The highest BCUT2D eigenvalue weighted by molar-refractivity contribution is 8.01. The first-order valence-electron chi connectivity index (χ1n) is 5.43. The summed E-state index contributed by atoms with van der Waals surface area (Å²) in [5, 5.41) is 9.19. The fourth-order valence-electron chi connectivity index (χ4n) is 1.65. The van der Waals surface area contributed by atoms with Gasteiger partial charge in [-0.2, -0.15) is 5.26 Å². The number of rotatable bonds is 3. The number of thioether (sulfide) groups is 1. The molecule has 1 heterocycles. The molecule has 2 rings (SSSR count). The van der Waals surface area contributed by atoms with Crippen LogP contribution in [0.25, 0.3) is 0 Å². The predicted octanol–water partition coefficient (Wildman–Crippen LogP) is 2.70. The molecule has 1 aromatic rings. The molecule has 4 heteroatoms. The van der Waals surface area contributed by atoms with Gasteiger partial charge < -0.3 is 9.47 Å². The summed E-state index contributed by atoms with van der Waals surface area (Å²) in [7, 11) is 1.66. The second-order valence-electron chi connectivity index (χ2n) is 4.29. The van der Waals surface area contributed by atoms with Gasteiger partial charge in [0.2, 0.25) is 0 Å². The van der Waals surface area contributed by atoms with Crippen LogP contribution in [0.2, 0.25) is 0 Å². The minimum Gasteiger partial charge on any atom is -0.496 e. The van der Waals surface area contributed by atoms with Gasteiger partial charge in [-0.3, -0.25) is 0 Å². The Morgan fingerprint density at radius 3 is 2.47 bits per heavy atom. The van der Waals surface area contributed by atoms with Crippen molar-refractivity contribution in [3.63, 3.8) is 0 Å². The van der Waals surface area contributed by atoms with Crippen LogP contribution >= 0.6 is 11.8 Å². The molecule has 0 radical (unpaired) electrons. The van der Waals surface area contributed by atoms with Crippen LogP contribution in [0.3, 0.4) is 0 Å². The quantitative estimate of drug-likeness (QED) is 0.826. The predicted molar refractivity (Wildman–Crippen MR) is 67.5 cm³/mol. The molecule has 0 amide bonds. The average Bonchev–Trinajstić information content (AvgIpc) is 2.27. The Bertz CT molecular complexity index is 475. The topological polar surface area (TPSA) is 42.2 Å². The van der Waals surface area contributed by atoms with Gasteiger partial charge in [0, 0.05) is 0 Å². The molecular formula is C13H15NO2S. The lowest BCUT2D eigenvalue weighted by molar-refractivity contribution is 0.0161. The van der Waals surface area contributed by atoms with Crippen molar-refractivity contribution in [3.8, 4) is 11.8 Å². The van der Waals surface area contributed by atoms with E-state index in [2.05, 4.69) is 26.0 Å². The van der Waals surface area contributed by atoms with E-state index in [-0.39, 0.29) is 0 Å². The summed E-state index contributed by atoms with van der Waals surface area (Å²) in [5.41, 5.74) is 2.41. The third kappa shape index (κ3) is 2.26. The molecule has 1 aliphatic rings. The first-order chi connectivity index (χ1) is 8.10. The van der Waals surface area contributed by atoms with Gasteiger partial charge in [0.1, 0.15) is 5.75 Å². The molecule has 1 saturated heterocycles. The van der Waals surface area contributed by atoms with E-state index in [0.29, 0.717) is 13.2 Å². The Morgan fingerprint density at radius 1 is 1.35 bits per heavy atom. The fraction of sp³-hybridized carbons (Fsp3) is 0.462. The molecular weight excluding hydrogens is 234 g/mol. The van der Waals surface area contributed by atoms with Crippen LogP contribution in [-0.2, 0) is 4.74 Å². The highest BCUT2D eigenvalue weighted by Gasteiger charge is 2.41. The Morgan fingerprint density at radius 2 is 2.00 bits per heavy atom. The van der Waals surface area contributed by atoms with Gasteiger partial charge in [0.25, 0.3) is 0 Å². The van der Waals surface area contributed by atoms with Crippen LogP contribution in [0.15, 0.2) is 17.0 Å². The minimum atomic E-state index is -0.436. The zero-order valence-electron chi connectivity index (χ0n) is 10.2. The lowest BCUT2D eigenvalue weighted by atomic mass is 10.1. The van der Waals surface area contributed by atoms with Crippen LogP contribution < -0.4 is 4.74 Å². The smallest absolute Gasteiger partial charge is 0.153 e. The second kappa shape index (κ2) is 4.59. The molecule has 0 saturated carbocycles. The molecule has 0 atom stereocenters. The van der Waals surface area contributed by atoms with E-state index in [0.717, 1.165) is 10.6 Å². The first kappa shape index (κ1) is 12.3. The number of benzene rings is 1. The van der Waals surface area contributed by atoms with Crippen molar-refractivity contribution in [2.75, 3.05) is 20.3 Å². The number of aryl methyl sites for hydroxylation is 2. The van der Waals surface area contributed by atoms with Crippen LogP contribution in [0, 0.1) is 25.2 Å². The summed E-state index contributed by atoms with van der Waals surface area (Å²) in [4.78, 5) is 1.01. The van der Waals surface area contributed by atoms with E-state index in [4.69, 9.17) is 9.47 Å². The van der Waals surface area contributed by atoms with Gasteiger partial charge in [-0.25, -0.2) is 0 Å². The number of methoxy groups -OCH3 is 1. The molecule has 0 bridgehead atoms. The summed E-state index contributed by atoms with van der Waals surface area (Å²) in [5.74, 6) is 0.833. The summed E-state index contributed by atoms with van der Waals surface area (Å²) in [6, 6.07) is 6.43. The lowest BCUT2D eigenvalue weighted by Crippen LogP contribution is -2.45. The fourth-order valence-corrected chi connectivity index (χ4v) is 2.88. The van der Waals surface area contributed by atoms with E-state index in [9.17, 15) is 5.26 Å². The van der Waals surface area contributed by atoms with Crippen molar-refractivity contribution in [2.45, 2.75) is 23.5 Å².